The molecule has 10 nitrogen and oxygen atoms in total. The Morgan fingerprint density at radius 1 is 1.09 bits per heavy atom. The van der Waals surface area contributed by atoms with Gasteiger partial charge in [0.15, 0.2) is 5.76 Å². The number of carbonyl (C=O) groups is 4. The molecule has 1 heterocycles. The predicted molar refractivity (Wildman–Crippen MR) is 177 cm³/mol. The van der Waals surface area contributed by atoms with Crippen LogP contribution in [0, 0.1) is 11.3 Å². The van der Waals surface area contributed by atoms with E-state index in [0.29, 0.717) is 24.3 Å². The molecule has 1 rings (SSSR count). The number of alkyl carbamates (subject to hydrolysis) is 1. The number of esters is 1. The molecule has 250 valence electrons. The maximum Gasteiger partial charge on any atom is 0.407 e. The van der Waals surface area contributed by atoms with Crippen molar-refractivity contribution in [3.63, 3.8) is 0 Å². The zero-order valence-electron chi connectivity index (χ0n) is 27.9. The molecule has 0 aromatic carbocycles. The lowest BCUT2D eigenvalue weighted by Gasteiger charge is -2.29. The van der Waals surface area contributed by atoms with Gasteiger partial charge in [0.2, 0.25) is 11.8 Å². The molecule has 4 atom stereocenters. The van der Waals surface area contributed by atoms with E-state index >= 15 is 0 Å². The minimum atomic E-state index is -0.817. The van der Waals surface area contributed by atoms with Crippen LogP contribution in [0.4, 0.5) is 4.79 Å². The summed E-state index contributed by atoms with van der Waals surface area (Å²) >= 11 is 5.94. The number of cyclic esters (lactones) is 1. The number of rotatable bonds is 15. The van der Waals surface area contributed by atoms with E-state index in [2.05, 4.69) is 16.0 Å². The van der Waals surface area contributed by atoms with Crippen LogP contribution in [0.3, 0.4) is 0 Å². The number of ether oxygens (including phenoxy) is 3. The summed E-state index contributed by atoms with van der Waals surface area (Å²) in [4.78, 5) is 49.6. The molecule has 0 saturated carbocycles. The van der Waals surface area contributed by atoms with Crippen LogP contribution in [0.5, 0.6) is 0 Å². The van der Waals surface area contributed by atoms with Gasteiger partial charge < -0.3 is 30.2 Å². The maximum atomic E-state index is 13.0. The van der Waals surface area contributed by atoms with Crippen molar-refractivity contribution in [1.29, 1.82) is 0 Å². The molecule has 11 heteroatoms. The Labute approximate surface area is 273 Å². The summed E-state index contributed by atoms with van der Waals surface area (Å²) in [6.45, 7) is 14.9. The highest BCUT2D eigenvalue weighted by Crippen LogP contribution is 2.23. The monoisotopic (exact) mass is 647 g/mol. The predicted octanol–water partition coefficient (Wildman–Crippen LogP) is 6.11. The van der Waals surface area contributed by atoms with E-state index in [4.69, 9.17) is 25.8 Å². The molecule has 0 aromatic rings. The van der Waals surface area contributed by atoms with Gasteiger partial charge in [0.05, 0.1) is 7.11 Å². The van der Waals surface area contributed by atoms with Crippen LogP contribution in [0.2, 0.25) is 0 Å². The van der Waals surface area contributed by atoms with Gasteiger partial charge in [0.1, 0.15) is 18.2 Å². The van der Waals surface area contributed by atoms with Gasteiger partial charge in [-0.15, -0.1) is 0 Å². The number of carbonyl (C=O) groups excluding carboxylic acids is 4. The average molecular weight is 648 g/mol. The molecule has 0 spiro atoms. The highest BCUT2D eigenvalue weighted by molar-refractivity contribution is 6.29. The lowest BCUT2D eigenvalue weighted by molar-refractivity contribution is -0.151. The summed E-state index contributed by atoms with van der Waals surface area (Å²) in [5.74, 6) is -1.07. The molecule has 3 N–H and O–H groups in total. The van der Waals surface area contributed by atoms with E-state index in [1.54, 1.807) is 37.3 Å². The van der Waals surface area contributed by atoms with Crippen LogP contribution in [-0.4, -0.2) is 55.3 Å². The van der Waals surface area contributed by atoms with Gasteiger partial charge in [-0.25, -0.2) is 9.59 Å². The van der Waals surface area contributed by atoms with Crippen molar-refractivity contribution in [2.45, 2.75) is 98.9 Å². The third-order valence-corrected chi connectivity index (χ3v) is 6.70. The molecule has 1 aliphatic heterocycles. The smallest absolute Gasteiger partial charge is 0.407 e. The Morgan fingerprint density at radius 3 is 2.33 bits per heavy atom. The summed E-state index contributed by atoms with van der Waals surface area (Å²) in [5.41, 5.74) is 0.364. The minimum absolute atomic E-state index is 0.0184. The Bertz CT molecular complexity index is 1200. The van der Waals surface area contributed by atoms with Gasteiger partial charge in [-0.05, 0) is 45.4 Å². The molecule has 0 radical (unpaired) electrons. The molecule has 1 aliphatic rings. The van der Waals surface area contributed by atoms with Crippen LogP contribution >= 0.6 is 11.6 Å². The molecule has 0 aromatic heterocycles. The zero-order chi connectivity index (χ0) is 34.2. The fraction of sp³-hybridized carbons (Fsp3) is 0.529. The first kappa shape index (κ1) is 39.2. The standard InChI is InChI=1S/C34H50ClN3O7/c1-22(2)37-33(42)44-26(17-16-25(5)35)14-12-20-36-31(40)30(34(6,7)8)38-29(39)15-11-10-13-23(3)21-24(4)27-18-19-28(43-9)32(41)45-27/h10-13,15-16,19-22,24,26-27,30H,14,17-18H2,1-9H3,(H,36,40)(H,37,42)(H,38,39)/b13-10-,15-11+,20-12-,23-21+,25-16+. The molecule has 0 bridgehead atoms. The molecular formula is C34H50ClN3O7. The van der Waals surface area contributed by atoms with E-state index in [9.17, 15) is 19.2 Å². The van der Waals surface area contributed by atoms with E-state index in [1.807, 2.05) is 60.6 Å². The summed E-state index contributed by atoms with van der Waals surface area (Å²) in [7, 11) is 1.44. The summed E-state index contributed by atoms with van der Waals surface area (Å²) in [6.07, 6.45) is 15.2. The zero-order valence-corrected chi connectivity index (χ0v) is 28.7. The second-order valence-corrected chi connectivity index (χ2v) is 12.8. The lowest BCUT2D eigenvalue weighted by Crippen LogP contribution is -2.52. The molecule has 45 heavy (non-hydrogen) atoms. The first-order valence-electron chi connectivity index (χ1n) is 15.1. The Balaban J connectivity index is 2.73. The quantitative estimate of drug-likeness (QED) is 0.111. The number of halogens is 1. The minimum Gasteiger partial charge on any atom is -0.490 e. The van der Waals surface area contributed by atoms with Crippen molar-refractivity contribution in [3.05, 3.63) is 71.2 Å². The van der Waals surface area contributed by atoms with Crippen molar-refractivity contribution in [3.8, 4) is 0 Å². The summed E-state index contributed by atoms with van der Waals surface area (Å²) in [5, 5.41) is 8.76. The van der Waals surface area contributed by atoms with Crippen LogP contribution in [-0.2, 0) is 28.6 Å². The third-order valence-electron chi connectivity index (χ3n) is 6.54. The number of hydrogen-bond acceptors (Lipinski definition) is 7. The highest BCUT2D eigenvalue weighted by atomic mass is 35.5. The first-order valence-corrected chi connectivity index (χ1v) is 15.4. The van der Waals surface area contributed by atoms with E-state index in [1.165, 1.54) is 19.4 Å². The van der Waals surface area contributed by atoms with Gasteiger partial charge in [0, 0.05) is 42.3 Å². The van der Waals surface area contributed by atoms with E-state index in [0.717, 1.165) is 5.57 Å². The van der Waals surface area contributed by atoms with E-state index < -0.39 is 35.5 Å². The topological polar surface area (TPSA) is 132 Å². The number of amides is 3. The summed E-state index contributed by atoms with van der Waals surface area (Å²) in [6, 6.07) is -0.884. The Hall–Kier alpha value is -3.79. The van der Waals surface area contributed by atoms with Gasteiger partial charge in [-0.3, -0.25) is 9.59 Å². The van der Waals surface area contributed by atoms with Gasteiger partial charge >= 0.3 is 12.1 Å². The molecule has 0 saturated heterocycles. The van der Waals surface area contributed by atoms with Gasteiger partial charge in [-0.1, -0.05) is 81.3 Å². The molecule has 0 aliphatic carbocycles. The van der Waals surface area contributed by atoms with Crippen molar-refractivity contribution in [2.75, 3.05) is 7.11 Å². The average Bonchev–Trinajstić information content (AvgIpc) is 2.93. The first-order chi connectivity index (χ1) is 21.0. The largest absolute Gasteiger partial charge is 0.490 e. The Kier molecular flexibility index (Phi) is 17.1. The molecule has 3 amide bonds. The number of hydrogen-bond donors (Lipinski definition) is 3. The highest BCUT2D eigenvalue weighted by Gasteiger charge is 2.32. The van der Waals surface area contributed by atoms with Gasteiger partial charge in [0.25, 0.3) is 0 Å². The van der Waals surface area contributed by atoms with Crippen molar-refractivity contribution in [1.82, 2.24) is 16.0 Å². The number of methoxy groups -OCH3 is 1. The SMILES string of the molecule is COC1=CCC(C(C)/C=C(C)/C=C\C=C\C(=O)NC(C(=O)N/C=C\CC(C/C=C(\C)Cl)OC(=O)NC(C)C)C(C)(C)C)OC1=O. The van der Waals surface area contributed by atoms with Gasteiger partial charge in [-0.2, -0.15) is 0 Å². The molecule has 0 fully saturated rings. The third kappa shape index (κ3) is 16.2. The molecule has 4 unspecified atom stereocenters. The maximum absolute atomic E-state index is 13.0. The van der Waals surface area contributed by atoms with Crippen LogP contribution < -0.4 is 16.0 Å². The normalized spacial score (nSPS) is 18.4. The Morgan fingerprint density at radius 2 is 1.76 bits per heavy atom. The van der Waals surface area contributed by atoms with Crippen molar-refractivity contribution >= 4 is 35.5 Å². The lowest BCUT2D eigenvalue weighted by atomic mass is 9.86. The van der Waals surface area contributed by atoms with E-state index in [-0.39, 0.29) is 29.7 Å². The fourth-order valence-electron chi connectivity index (χ4n) is 4.18. The second-order valence-electron chi connectivity index (χ2n) is 12.2. The van der Waals surface area contributed by atoms with Crippen LogP contribution in [0.1, 0.15) is 74.7 Å². The molecular weight excluding hydrogens is 598 g/mol. The van der Waals surface area contributed by atoms with Crippen LogP contribution in [0.15, 0.2) is 71.2 Å². The fourth-order valence-corrected chi connectivity index (χ4v) is 4.27. The summed E-state index contributed by atoms with van der Waals surface area (Å²) < 4.78 is 15.9. The number of allylic oxidation sites excluding steroid dienone is 5. The van der Waals surface area contributed by atoms with Crippen molar-refractivity contribution < 1.29 is 33.4 Å². The van der Waals surface area contributed by atoms with Crippen molar-refractivity contribution in [2.24, 2.45) is 11.3 Å². The number of nitrogens with one attached hydrogen (secondary N) is 3. The van der Waals surface area contributed by atoms with Crippen LogP contribution in [0.25, 0.3) is 0 Å². The second kappa shape index (κ2) is 19.6.